The van der Waals surface area contributed by atoms with Crippen molar-refractivity contribution in [3.63, 3.8) is 0 Å². The standard InChI is InChI=1S/C11H11BrO6/c1-15-2-3-16-10-8(12)6(11(13)14)4-7-9(10)18-5-17-7/h4H,2-3,5H2,1H3,(H,13,14). The van der Waals surface area contributed by atoms with Crippen molar-refractivity contribution in [3.8, 4) is 17.2 Å². The summed E-state index contributed by atoms with van der Waals surface area (Å²) in [5.74, 6) is 0.0159. The SMILES string of the molecule is COCCOc1c(Br)c(C(=O)O)cc2c1OCO2. The van der Waals surface area contributed by atoms with Crippen LogP contribution in [0.15, 0.2) is 10.5 Å². The van der Waals surface area contributed by atoms with Gasteiger partial charge in [0.1, 0.15) is 6.61 Å². The average Bonchev–Trinajstić information content (AvgIpc) is 2.79. The van der Waals surface area contributed by atoms with Crippen LogP contribution in [-0.4, -0.2) is 38.2 Å². The topological polar surface area (TPSA) is 74.2 Å². The first-order valence-electron chi connectivity index (χ1n) is 5.12. The molecule has 0 aliphatic carbocycles. The molecule has 6 nitrogen and oxygen atoms in total. The van der Waals surface area contributed by atoms with Crippen molar-refractivity contribution >= 4 is 21.9 Å². The lowest BCUT2D eigenvalue weighted by Gasteiger charge is -2.12. The fraction of sp³-hybridized carbons (Fsp3) is 0.364. The second kappa shape index (κ2) is 5.45. The fourth-order valence-corrected chi connectivity index (χ4v) is 2.08. The summed E-state index contributed by atoms with van der Waals surface area (Å²) in [5.41, 5.74) is 0.0617. The monoisotopic (exact) mass is 318 g/mol. The van der Waals surface area contributed by atoms with E-state index in [1.54, 1.807) is 7.11 Å². The third-order valence-electron chi connectivity index (χ3n) is 2.32. The Hall–Kier alpha value is -1.47. The maximum atomic E-state index is 11.1. The highest BCUT2D eigenvalue weighted by molar-refractivity contribution is 9.10. The summed E-state index contributed by atoms with van der Waals surface area (Å²) in [4.78, 5) is 11.1. The minimum absolute atomic E-state index is 0.0471. The van der Waals surface area contributed by atoms with E-state index >= 15 is 0 Å². The maximum Gasteiger partial charge on any atom is 0.337 e. The number of methoxy groups -OCH3 is 1. The van der Waals surface area contributed by atoms with Crippen LogP contribution < -0.4 is 14.2 Å². The molecule has 0 bridgehead atoms. The molecule has 0 spiro atoms. The van der Waals surface area contributed by atoms with Gasteiger partial charge >= 0.3 is 5.97 Å². The van der Waals surface area contributed by atoms with Crippen LogP contribution in [0.5, 0.6) is 17.2 Å². The Bertz CT molecular complexity index is 473. The molecule has 7 heteroatoms. The number of benzene rings is 1. The molecule has 0 fully saturated rings. The predicted molar refractivity (Wildman–Crippen MR) is 64.6 cm³/mol. The van der Waals surface area contributed by atoms with E-state index in [1.807, 2.05) is 0 Å². The Morgan fingerprint density at radius 1 is 1.50 bits per heavy atom. The zero-order valence-electron chi connectivity index (χ0n) is 9.57. The Kier molecular flexibility index (Phi) is 3.93. The molecular formula is C11H11BrO6. The van der Waals surface area contributed by atoms with Crippen molar-refractivity contribution in [2.75, 3.05) is 27.1 Å². The van der Waals surface area contributed by atoms with Crippen molar-refractivity contribution in [1.29, 1.82) is 0 Å². The fourth-order valence-electron chi connectivity index (χ4n) is 1.50. The Morgan fingerprint density at radius 3 is 2.94 bits per heavy atom. The smallest absolute Gasteiger partial charge is 0.337 e. The van der Waals surface area contributed by atoms with Crippen LogP contribution in [0.1, 0.15) is 10.4 Å². The zero-order valence-corrected chi connectivity index (χ0v) is 11.2. The van der Waals surface area contributed by atoms with Crippen molar-refractivity contribution in [2.24, 2.45) is 0 Å². The van der Waals surface area contributed by atoms with Gasteiger partial charge in [-0.2, -0.15) is 0 Å². The first-order chi connectivity index (χ1) is 8.65. The van der Waals surface area contributed by atoms with Gasteiger partial charge in [-0.15, -0.1) is 0 Å². The lowest BCUT2D eigenvalue weighted by atomic mass is 10.2. The van der Waals surface area contributed by atoms with Crippen molar-refractivity contribution in [2.45, 2.75) is 0 Å². The van der Waals surface area contributed by atoms with Gasteiger partial charge in [0, 0.05) is 13.2 Å². The first kappa shape index (κ1) is 13.0. The molecule has 0 atom stereocenters. The molecule has 1 aliphatic heterocycles. The van der Waals surface area contributed by atoms with Crippen LogP contribution in [0.2, 0.25) is 0 Å². The molecule has 1 heterocycles. The average molecular weight is 319 g/mol. The van der Waals surface area contributed by atoms with Gasteiger partial charge in [0.05, 0.1) is 16.6 Å². The van der Waals surface area contributed by atoms with E-state index in [0.29, 0.717) is 28.3 Å². The van der Waals surface area contributed by atoms with Gasteiger partial charge < -0.3 is 24.1 Å². The number of carboxylic acid groups (broad SMARTS) is 1. The molecular weight excluding hydrogens is 308 g/mol. The highest BCUT2D eigenvalue weighted by Crippen LogP contribution is 2.47. The summed E-state index contributed by atoms with van der Waals surface area (Å²) in [5, 5.41) is 9.09. The Balaban J connectivity index is 2.38. The Labute approximate surface area is 112 Å². The molecule has 18 heavy (non-hydrogen) atoms. The number of hydrogen-bond donors (Lipinski definition) is 1. The minimum Gasteiger partial charge on any atom is -0.486 e. The number of rotatable bonds is 5. The normalized spacial score (nSPS) is 12.6. The summed E-state index contributed by atoms with van der Waals surface area (Å²) in [6.07, 6.45) is 0. The van der Waals surface area contributed by atoms with E-state index in [4.69, 9.17) is 24.1 Å². The highest BCUT2D eigenvalue weighted by atomic mass is 79.9. The summed E-state index contributed by atoms with van der Waals surface area (Å²) in [7, 11) is 1.55. The molecule has 0 saturated carbocycles. The zero-order chi connectivity index (χ0) is 13.1. The van der Waals surface area contributed by atoms with Crippen molar-refractivity contribution < 1.29 is 28.8 Å². The molecule has 0 amide bonds. The molecule has 1 aromatic rings. The third-order valence-corrected chi connectivity index (χ3v) is 3.11. The summed E-state index contributed by atoms with van der Waals surface area (Å²) in [6, 6.07) is 1.40. The lowest BCUT2D eigenvalue weighted by Crippen LogP contribution is -2.07. The molecule has 1 N–H and O–H groups in total. The molecule has 0 radical (unpaired) electrons. The maximum absolute atomic E-state index is 11.1. The van der Waals surface area contributed by atoms with E-state index in [0.717, 1.165) is 0 Å². The second-order valence-corrected chi connectivity index (χ2v) is 4.24. The van der Waals surface area contributed by atoms with Crippen molar-refractivity contribution in [3.05, 3.63) is 16.1 Å². The number of fused-ring (bicyclic) bond motifs is 1. The number of aromatic carboxylic acids is 1. The van der Waals surface area contributed by atoms with Crippen LogP contribution in [0.25, 0.3) is 0 Å². The van der Waals surface area contributed by atoms with Gasteiger partial charge in [-0.25, -0.2) is 4.79 Å². The number of ether oxygens (including phenoxy) is 4. The van der Waals surface area contributed by atoms with Gasteiger partial charge in [-0.1, -0.05) is 0 Å². The number of hydrogen-bond acceptors (Lipinski definition) is 5. The quantitative estimate of drug-likeness (QED) is 0.836. The number of carbonyl (C=O) groups is 1. The molecule has 2 rings (SSSR count). The van der Waals surface area contributed by atoms with Gasteiger partial charge in [0.2, 0.25) is 12.5 Å². The third kappa shape index (κ3) is 2.37. The number of carboxylic acids is 1. The number of halogens is 1. The largest absolute Gasteiger partial charge is 0.486 e. The molecule has 0 unspecified atom stereocenters. The molecule has 1 aliphatic rings. The van der Waals surface area contributed by atoms with E-state index in [1.165, 1.54) is 6.07 Å². The van der Waals surface area contributed by atoms with Crippen LogP contribution in [0.3, 0.4) is 0 Å². The van der Waals surface area contributed by atoms with Gasteiger partial charge in [0.15, 0.2) is 11.5 Å². The van der Waals surface area contributed by atoms with E-state index in [2.05, 4.69) is 15.9 Å². The second-order valence-electron chi connectivity index (χ2n) is 3.45. The summed E-state index contributed by atoms with van der Waals surface area (Å²) < 4.78 is 21.1. The van der Waals surface area contributed by atoms with Gasteiger partial charge in [-0.05, 0) is 15.9 Å². The Morgan fingerprint density at radius 2 is 2.28 bits per heavy atom. The first-order valence-corrected chi connectivity index (χ1v) is 5.91. The van der Waals surface area contributed by atoms with Crippen LogP contribution in [0, 0.1) is 0 Å². The van der Waals surface area contributed by atoms with Crippen LogP contribution in [-0.2, 0) is 4.74 Å². The molecule has 0 aromatic heterocycles. The van der Waals surface area contributed by atoms with Crippen molar-refractivity contribution in [1.82, 2.24) is 0 Å². The van der Waals surface area contributed by atoms with E-state index < -0.39 is 5.97 Å². The van der Waals surface area contributed by atoms with E-state index in [-0.39, 0.29) is 19.0 Å². The van der Waals surface area contributed by atoms with Gasteiger partial charge in [0.25, 0.3) is 0 Å². The minimum atomic E-state index is -1.07. The molecule has 0 saturated heterocycles. The van der Waals surface area contributed by atoms with Crippen LogP contribution in [0.4, 0.5) is 0 Å². The summed E-state index contributed by atoms with van der Waals surface area (Å²) >= 11 is 3.21. The molecule has 1 aromatic carbocycles. The molecule has 98 valence electrons. The summed E-state index contributed by atoms with van der Waals surface area (Å²) in [6.45, 7) is 0.721. The van der Waals surface area contributed by atoms with Crippen LogP contribution >= 0.6 is 15.9 Å². The van der Waals surface area contributed by atoms with Gasteiger partial charge in [-0.3, -0.25) is 0 Å². The predicted octanol–water partition coefficient (Wildman–Crippen LogP) is 1.90. The highest BCUT2D eigenvalue weighted by Gasteiger charge is 2.27. The lowest BCUT2D eigenvalue weighted by molar-refractivity contribution is 0.0694. The van der Waals surface area contributed by atoms with E-state index in [9.17, 15) is 4.79 Å².